The van der Waals surface area contributed by atoms with Crippen LogP contribution >= 0.6 is 0 Å². The fraction of sp³-hybridized carbons (Fsp3) is 0.333. The zero-order valence-corrected chi connectivity index (χ0v) is 24.8. The van der Waals surface area contributed by atoms with Crippen LogP contribution in [0, 0.1) is 32.0 Å². The Bertz CT molecular complexity index is 1650. The van der Waals surface area contributed by atoms with Gasteiger partial charge in [-0.2, -0.15) is 4.31 Å². The first-order chi connectivity index (χ1) is 19.5. The highest BCUT2D eigenvalue weighted by Crippen LogP contribution is 2.38. The Hall–Kier alpha value is -3.49. The zero-order valence-electron chi connectivity index (χ0n) is 24.0. The van der Waals surface area contributed by atoms with E-state index in [-0.39, 0.29) is 35.5 Å². The number of sulfonamides is 1. The van der Waals surface area contributed by atoms with Crippen LogP contribution in [-0.2, 0) is 27.8 Å². The Kier molecular flexibility index (Phi) is 8.08. The molecule has 0 unspecified atom stereocenters. The first-order valence-corrected chi connectivity index (χ1v) is 15.5. The predicted octanol–water partition coefficient (Wildman–Crippen LogP) is 6.08. The Morgan fingerprint density at radius 2 is 1.90 bits per heavy atom. The van der Waals surface area contributed by atoms with Crippen LogP contribution in [-0.4, -0.2) is 31.6 Å². The van der Waals surface area contributed by atoms with Gasteiger partial charge in [0, 0.05) is 38.4 Å². The van der Waals surface area contributed by atoms with E-state index in [0.29, 0.717) is 24.2 Å². The highest BCUT2D eigenvalue weighted by atomic mass is 32.2. The topological polar surface area (TPSA) is 92.5 Å². The molecule has 215 valence electrons. The fourth-order valence-electron chi connectivity index (χ4n) is 5.79. The van der Waals surface area contributed by atoms with Gasteiger partial charge in [0.25, 0.3) is 0 Å². The number of halogens is 1. The lowest BCUT2D eigenvalue weighted by atomic mass is 9.82. The predicted molar refractivity (Wildman–Crippen MR) is 162 cm³/mol. The minimum atomic E-state index is -3.92. The number of anilines is 2. The summed E-state index contributed by atoms with van der Waals surface area (Å²) in [6.07, 6.45) is 4.48. The van der Waals surface area contributed by atoms with Crippen molar-refractivity contribution < 1.29 is 17.6 Å². The van der Waals surface area contributed by atoms with Gasteiger partial charge in [0.1, 0.15) is 5.82 Å². The number of nitrogens with two attached hydrogens (primary N) is 1. The summed E-state index contributed by atoms with van der Waals surface area (Å²) < 4.78 is 43.1. The molecule has 5 rings (SSSR count). The molecule has 41 heavy (non-hydrogen) atoms. The second-order valence-corrected chi connectivity index (χ2v) is 13.2. The van der Waals surface area contributed by atoms with E-state index in [4.69, 9.17) is 5.73 Å². The van der Waals surface area contributed by atoms with Gasteiger partial charge in [-0.05, 0) is 90.3 Å². The summed E-state index contributed by atoms with van der Waals surface area (Å²) in [5.74, 6) is -0.697. The van der Waals surface area contributed by atoms with Crippen molar-refractivity contribution in [2.45, 2.75) is 57.9 Å². The lowest BCUT2D eigenvalue weighted by Gasteiger charge is -2.25. The SMILES string of the molecule is CCNc1ccc([C@@H](CC(=O)C2=C[CH]2)c2ccc(C)c(CN3C[C@@H](C)Cc4ccc(F)cc4S3(=O)=O)c2)c(C)c1N. The molecule has 1 aliphatic carbocycles. The molecule has 0 amide bonds. The van der Waals surface area contributed by atoms with E-state index in [9.17, 15) is 17.6 Å². The Morgan fingerprint density at radius 1 is 1.15 bits per heavy atom. The number of fused-ring (bicyclic) bond motifs is 1. The van der Waals surface area contributed by atoms with Crippen molar-refractivity contribution >= 4 is 27.2 Å². The molecule has 0 bridgehead atoms. The number of aryl methyl sites for hydroxylation is 1. The highest BCUT2D eigenvalue weighted by molar-refractivity contribution is 7.89. The largest absolute Gasteiger partial charge is 0.397 e. The minimum Gasteiger partial charge on any atom is -0.397 e. The average molecular weight is 575 g/mol. The van der Waals surface area contributed by atoms with E-state index >= 15 is 0 Å². The number of nitrogens with one attached hydrogen (secondary N) is 1. The summed E-state index contributed by atoms with van der Waals surface area (Å²) in [5.41, 5.74) is 14.0. The minimum absolute atomic E-state index is 0.0416. The van der Waals surface area contributed by atoms with Crippen LogP contribution in [0.25, 0.3) is 0 Å². The number of ketones is 1. The Morgan fingerprint density at radius 3 is 2.61 bits per heavy atom. The van der Waals surface area contributed by atoms with Crippen molar-refractivity contribution in [3.05, 3.63) is 106 Å². The maximum absolute atomic E-state index is 14.2. The van der Waals surface area contributed by atoms with E-state index in [0.717, 1.165) is 51.7 Å². The van der Waals surface area contributed by atoms with Crippen LogP contribution in [0.2, 0.25) is 0 Å². The van der Waals surface area contributed by atoms with Crippen LogP contribution < -0.4 is 11.1 Å². The van der Waals surface area contributed by atoms with Gasteiger partial charge in [0.05, 0.1) is 16.3 Å². The van der Waals surface area contributed by atoms with E-state index in [2.05, 4.69) is 5.32 Å². The standard InChI is InChI=1S/C33H37FN3O3S/c1-5-36-30-13-12-28(22(4)33(30)35)29(17-31(38)23-8-9-23)24-7-6-21(3)26(15-24)19-37-18-20(2)14-25-10-11-27(34)16-32(25)41(37,39)40/h6-13,15-16,20,29,36H,5,14,17-19,35H2,1-4H3/t20-,29-/m0/s1. The molecule has 1 aliphatic heterocycles. The molecule has 0 spiro atoms. The molecule has 1 heterocycles. The Labute approximate surface area is 242 Å². The van der Waals surface area contributed by atoms with Crippen LogP contribution in [0.5, 0.6) is 0 Å². The van der Waals surface area contributed by atoms with Gasteiger partial charge in [-0.1, -0.05) is 43.3 Å². The van der Waals surface area contributed by atoms with Gasteiger partial charge in [0.15, 0.2) is 5.78 Å². The lowest BCUT2D eigenvalue weighted by molar-refractivity contribution is -0.115. The summed E-state index contributed by atoms with van der Waals surface area (Å²) in [7, 11) is -3.92. The molecule has 2 atom stereocenters. The van der Waals surface area contributed by atoms with Crippen LogP contribution in [0.15, 0.2) is 65.1 Å². The zero-order chi connectivity index (χ0) is 29.5. The number of allylic oxidation sites excluding steroid dienone is 2. The van der Waals surface area contributed by atoms with Crippen molar-refractivity contribution in [1.29, 1.82) is 0 Å². The summed E-state index contributed by atoms with van der Waals surface area (Å²) in [6.45, 7) is 9.18. The maximum atomic E-state index is 14.2. The second kappa shape index (κ2) is 11.4. The summed E-state index contributed by atoms with van der Waals surface area (Å²) in [4.78, 5) is 13.1. The van der Waals surface area contributed by atoms with Gasteiger partial charge in [-0.15, -0.1) is 0 Å². The van der Waals surface area contributed by atoms with Crippen LogP contribution in [0.1, 0.15) is 59.6 Å². The second-order valence-electron chi connectivity index (χ2n) is 11.3. The molecule has 0 aromatic heterocycles. The molecule has 8 heteroatoms. The molecule has 0 saturated carbocycles. The van der Waals surface area contributed by atoms with Gasteiger partial charge in [0.2, 0.25) is 10.0 Å². The van der Waals surface area contributed by atoms with Crippen molar-refractivity contribution in [2.24, 2.45) is 5.92 Å². The van der Waals surface area contributed by atoms with Crippen LogP contribution in [0.4, 0.5) is 15.8 Å². The molecular formula is C33H37FN3O3S. The quantitative estimate of drug-likeness (QED) is 0.303. The molecule has 2 aliphatic rings. The van der Waals surface area contributed by atoms with E-state index in [1.54, 1.807) is 6.07 Å². The number of benzene rings is 3. The van der Waals surface area contributed by atoms with Crippen molar-refractivity contribution in [1.82, 2.24) is 4.31 Å². The van der Waals surface area contributed by atoms with Gasteiger partial charge in [-0.3, -0.25) is 4.79 Å². The Balaban J connectivity index is 1.54. The van der Waals surface area contributed by atoms with Gasteiger partial charge in [-0.25, -0.2) is 12.8 Å². The molecule has 0 saturated heterocycles. The smallest absolute Gasteiger partial charge is 0.243 e. The summed E-state index contributed by atoms with van der Waals surface area (Å²) >= 11 is 0. The number of rotatable bonds is 9. The number of carbonyl (C=O) groups is 1. The van der Waals surface area contributed by atoms with E-state index < -0.39 is 15.8 Å². The van der Waals surface area contributed by atoms with Crippen molar-refractivity contribution in [2.75, 3.05) is 24.1 Å². The molecule has 0 fully saturated rings. The molecule has 3 aromatic carbocycles. The first kappa shape index (κ1) is 29.0. The first-order valence-electron chi connectivity index (χ1n) is 14.1. The molecule has 1 radical (unpaired) electrons. The van der Waals surface area contributed by atoms with Gasteiger partial charge < -0.3 is 11.1 Å². The number of nitrogens with zero attached hydrogens (tertiary/aromatic N) is 1. The molecule has 3 aromatic rings. The molecule has 3 N–H and O–H groups in total. The molecule has 6 nitrogen and oxygen atoms in total. The van der Waals surface area contributed by atoms with Crippen LogP contribution in [0.3, 0.4) is 0 Å². The number of hydrogen-bond donors (Lipinski definition) is 2. The highest BCUT2D eigenvalue weighted by Gasteiger charge is 2.33. The van der Waals surface area contributed by atoms with E-state index in [1.165, 1.54) is 10.4 Å². The maximum Gasteiger partial charge on any atom is 0.243 e. The monoisotopic (exact) mass is 574 g/mol. The average Bonchev–Trinajstić information content (AvgIpc) is 3.78. The number of nitrogen functional groups attached to an aromatic ring is 1. The lowest BCUT2D eigenvalue weighted by Crippen LogP contribution is -2.33. The summed E-state index contributed by atoms with van der Waals surface area (Å²) in [6, 6.07) is 14.0. The van der Waals surface area contributed by atoms with Gasteiger partial charge >= 0.3 is 0 Å². The van der Waals surface area contributed by atoms with Crippen molar-refractivity contribution in [3.63, 3.8) is 0 Å². The van der Waals surface area contributed by atoms with Crippen molar-refractivity contribution in [3.8, 4) is 0 Å². The fourth-order valence-corrected chi connectivity index (χ4v) is 7.57. The summed E-state index contributed by atoms with van der Waals surface area (Å²) in [5, 5.41) is 3.29. The number of hydrogen-bond acceptors (Lipinski definition) is 5. The third-order valence-corrected chi connectivity index (χ3v) is 10.1. The third kappa shape index (κ3) is 5.95. The molecular weight excluding hydrogens is 537 g/mol. The number of carbonyl (C=O) groups excluding carboxylic acids is 1. The third-order valence-electron chi connectivity index (χ3n) is 8.20. The van der Waals surface area contributed by atoms with E-state index in [1.807, 2.05) is 70.5 Å². The number of Topliss-reactive ketones (excluding diaryl/α,β-unsaturated/α-hetero) is 1. The normalized spacial score (nSPS) is 18.7.